The molecule has 0 aliphatic carbocycles. The number of rotatable bonds is 2. The first-order valence-electron chi connectivity index (χ1n) is 3.96. The first-order chi connectivity index (χ1) is 5.65. The molecule has 1 atom stereocenters. The molecule has 0 saturated heterocycles. The van der Waals surface area contributed by atoms with Crippen LogP contribution >= 0.6 is 15.9 Å². The van der Waals surface area contributed by atoms with Gasteiger partial charge in [0.25, 0.3) is 0 Å². The van der Waals surface area contributed by atoms with Gasteiger partial charge in [0.05, 0.1) is 6.10 Å². The monoisotopic (exact) mass is 229 g/mol. The standard InChI is InChI=1S/C9H12BrNO/c1-3-8(12)7-4-5-9(10)11-6(7)2/h4-5,8,12H,3H2,1-2H3/t8-/m0/s1. The Labute approximate surface area is 80.8 Å². The number of hydrogen-bond donors (Lipinski definition) is 1. The van der Waals surface area contributed by atoms with Gasteiger partial charge in [0.2, 0.25) is 0 Å². The molecule has 0 aliphatic rings. The van der Waals surface area contributed by atoms with Crippen molar-refractivity contribution in [1.82, 2.24) is 4.98 Å². The highest BCUT2D eigenvalue weighted by molar-refractivity contribution is 9.10. The van der Waals surface area contributed by atoms with E-state index in [9.17, 15) is 5.11 Å². The lowest BCUT2D eigenvalue weighted by Gasteiger charge is -2.10. The van der Waals surface area contributed by atoms with Crippen LogP contribution in [0.25, 0.3) is 0 Å². The van der Waals surface area contributed by atoms with Crippen LogP contribution in [0.4, 0.5) is 0 Å². The Bertz CT molecular complexity index is 275. The van der Waals surface area contributed by atoms with Crippen molar-refractivity contribution in [2.75, 3.05) is 0 Å². The molecule has 1 heterocycles. The molecule has 0 radical (unpaired) electrons. The van der Waals surface area contributed by atoms with Gasteiger partial charge in [-0.25, -0.2) is 4.98 Å². The SMILES string of the molecule is CC[C@H](O)c1ccc(Br)nc1C. The fourth-order valence-corrected chi connectivity index (χ4v) is 1.51. The third-order valence-corrected chi connectivity index (χ3v) is 2.28. The minimum absolute atomic E-state index is 0.384. The quantitative estimate of drug-likeness (QED) is 0.792. The predicted molar refractivity (Wildman–Crippen MR) is 51.9 cm³/mol. The Morgan fingerprint density at radius 2 is 2.25 bits per heavy atom. The van der Waals surface area contributed by atoms with E-state index in [1.807, 2.05) is 26.0 Å². The minimum atomic E-state index is -0.384. The average molecular weight is 230 g/mol. The Balaban J connectivity index is 3.01. The summed E-state index contributed by atoms with van der Waals surface area (Å²) in [6, 6.07) is 3.75. The van der Waals surface area contributed by atoms with E-state index in [0.717, 1.165) is 22.3 Å². The van der Waals surface area contributed by atoms with Gasteiger partial charge in [-0.1, -0.05) is 13.0 Å². The smallest absolute Gasteiger partial charge is 0.106 e. The lowest BCUT2D eigenvalue weighted by Crippen LogP contribution is -1.99. The number of halogens is 1. The van der Waals surface area contributed by atoms with E-state index in [-0.39, 0.29) is 6.10 Å². The molecular formula is C9H12BrNO. The second-order valence-corrected chi connectivity index (χ2v) is 3.55. The van der Waals surface area contributed by atoms with Gasteiger partial charge < -0.3 is 5.11 Å². The van der Waals surface area contributed by atoms with Crippen LogP contribution in [0.15, 0.2) is 16.7 Å². The highest BCUT2D eigenvalue weighted by atomic mass is 79.9. The van der Waals surface area contributed by atoms with Gasteiger partial charge in [-0.05, 0) is 35.3 Å². The second kappa shape index (κ2) is 4.01. The molecule has 1 N–H and O–H groups in total. The number of nitrogens with zero attached hydrogens (tertiary/aromatic N) is 1. The van der Waals surface area contributed by atoms with Crippen molar-refractivity contribution in [3.63, 3.8) is 0 Å². The Kier molecular flexibility index (Phi) is 3.23. The molecule has 0 aliphatic heterocycles. The van der Waals surface area contributed by atoms with Gasteiger partial charge in [0.1, 0.15) is 4.60 Å². The lowest BCUT2D eigenvalue weighted by atomic mass is 10.1. The van der Waals surface area contributed by atoms with Gasteiger partial charge in [-0.3, -0.25) is 0 Å². The number of pyridine rings is 1. The van der Waals surface area contributed by atoms with Gasteiger partial charge in [0, 0.05) is 11.3 Å². The summed E-state index contributed by atoms with van der Waals surface area (Å²) in [5.41, 5.74) is 1.81. The molecule has 1 rings (SSSR count). The molecule has 12 heavy (non-hydrogen) atoms. The molecule has 1 aromatic rings. The Morgan fingerprint density at radius 1 is 1.58 bits per heavy atom. The number of aliphatic hydroxyl groups excluding tert-OH is 1. The third kappa shape index (κ3) is 2.05. The van der Waals surface area contributed by atoms with Crippen molar-refractivity contribution in [1.29, 1.82) is 0 Å². The van der Waals surface area contributed by atoms with Crippen LogP contribution in [-0.2, 0) is 0 Å². The van der Waals surface area contributed by atoms with Crippen LogP contribution < -0.4 is 0 Å². The number of aliphatic hydroxyl groups is 1. The number of aromatic nitrogens is 1. The summed E-state index contributed by atoms with van der Waals surface area (Å²) in [4.78, 5) is 4.20. The van der Waals surface area contributed by atoms with Crippen molar-refractivity contribution >= 4 is 15.9 Å². The molecule has 0 saturated carbocycles. The van der Waals surface area contributed by atoms with E-state index in [0.29, 0.717) is 0 Å². The van der Waals surface area contributed by atoms with Gasteiger partial charge in [-0.15, -0.1) is 0 Å². The minimum Gasteiger partial charge on any atom is -0.388 e. The van der Waals surface area contributed by atoms with Crippen molar-refractivity contribution in [2.45, 2.75) is 26.4 Å². The van der Waals surface area contributed by atoms with E-state index in [1.54, 1.807) is 0 Å². The number of aryl methyl sites for hydroxylation is 1. The normalized spacial score (nSPS) is 13.0. The van der Waals surface area contributed by atoms with E-state index in [4.69, 9.17) is 0 Å². The zero-order chi connectivity index (χ0) is 9.14. The summed E-state index contributed by atoms with van der Waals surface area (Å²) in [6.45, 7) is 3.85. The molecule has 0 unspecified atom stereocenters. The van der Waals surface area contributed by atoms with Crippen molar-refractivity contribution in [3.05, 3.63) is 28.0 Å². The molecule has 66 valence electrons. The average Bonchev–Trinajstić information content (AvgIpc) is 2.03. The van der Waals surface area contributed by atoms with Crippen LogP contribution in [0.2, 0.25) is 0 Å². The molecule has 0 fully saturated rings. The van der Waals surface area contributed by atoms with E-state index >= 15 is 0 Å². The summed E-state index contributed by atoms with van der Waals surface area (Å²) < 4.78 is 0.812. The van der Waals surface area contributed by atoms with Gasteiger partial charge in [-0.2, -0.15) is 0 Å². The second-order valence-electron chi connectivity index (χ2n) is 2.73. The third-order valence-electron chi connectivity index (χ3n) is 1.84. The van der Waals surface area contributed by atoms with Crippen LogP contribution in [-0.4, -0.2) is 10.1 Å². The van der Waals surface area contributed by atoms with Crippen LogP contribution in [0.5, 0.6) is 0 Å². The molecule has 1 aromatic heterocycles. The summed E-state index contributed by atoms with van der Waals surface area (Å²) in [7, 11) is 0. The van der Waals surface area contributed by atoms with Crippen LogP contribution in [0.3, 0.4) is 0 Å². The molecule has 0 aromatic carbocycles. The fourth-order valence-electron chi connectivity index (χ4n) is 1.11. The topological polar surface area (TPSA) is 33.1 Å². The summed E-state index contributed by atoms with van der Waals surface area (Å²) in [5.74, 6) is 0. The number of hydrogen-bond acceptors (Lipinski definition) is 2. The zero-order valence-corrected chi connectivity index (χ0v) is 8.80. The van der Waals surface area contributed by atoms with Gasteiger partial charge >= 0.3 is 0 Å². The van der Waals surface area contributed by atoms with Crippen molar-refractivity contribution in [2.24, 2.45) is 0 Å². The van der Waals surface area contributed by atoms with Crippen molar-refractivity contribution < 1.29 is 5.11 Å². The fraction of sp³-hybridized carbons (Fsp3) is 0.444. The molecule has 0 spiro atoms. The molecular weight excluding hydrogens is 218 g/mol. The highest BCUT2D eigenvalue weighted by Crippen LogP contribution is 2.20. The first kappa shape index (κ1) is 9.68. The zero-order valence-electron chi connectivity index (χ0n) is 7.21. The molecule has 0 bridgehead atoms. The Morgan fingerprint density at radius 3 is 2.75 bits per heavy atom. The van der Waals surface area contributed by atoms with Gasteiger partial charge in [0.15, 0.2) is 0 Å². The largest absolute Gasteiger partial charge is 0.388 e. The highest BCUT2D eigenvalue weighted by Gasteiger charge is 2.08. The maximum Gasteiger partial charge on any atom is 0.106 e. The van der Waals surface area contributed by atoms with Crippen LogP contribution in [0, 0.1) is 6.92 Å². The van der Waals surface area contributed by atoms with Crippen molar-refractivity contribution in [3.8, 4) is 0 Å². The van der Waals surface area contributed by atoms with E-state index < -0.39 is 0 Å². The Hall–Kier alpha value is -0.410. The summed E-state index contributed by atoms with van der Waals surface area (Å²) in [6.07, 6.45) is 0.343. The molecule has 0 amide bonds. The summed E-state index contributed by atoms with van der Waals surface area (Å²) in [5, 5.41) is 9.55. The predicted octanol–water partition coefficient (Wildman–Crippen LogP) is 2.60. The maximum absolute atomic E-state index is 9.55. The first-order valence-corrected chi connectivity index (χ1v) is 4.75. The summed E-state index contributed by atoms with van der Waals surface area (Å²) >= 11 is 3.27. The van der Waals surface area contributed by atoms with E-state index in [1.165, 1.54) is 0 Å². The van der Waals surface area contributed by atoms with E-state index in [2.05, 4.69) is 20.9 Å². The van der Waals surface area contributed by atoms with Crippen LogP contribution in [0.1, 0.15) is 30.7 Å². The molecule has 2 nitrogen and oxygen atoms in total. The molecule has 3 heteroatoms. The lowest BCUT2D eigenvalue weighted by molar-refractivity contribution is 0.172. The maximum atomic E-state index is 9.55.